The highest BCUT2D eigenvalue weighted by atomic mass is 16.5. The monoisotopic (exact) mass is 404 g/mol. The van der Waals surface area contributed by atoms with Crippen LogP contribution in [0.4, 0.5) is 5.82 Å². The van der Waals surface area contributed by atoms with Crippen molar-refractivity contribution in [1.29, 1.82) is 0 Å². The van der Waals surface area contributed by atoms with Gasteiger partial charge in [0, 0.05) is 31.4 Å². The maximum atomic E-state index is 13.1. The Bertz CT molecular complexity index is 1030. The second-order valence-corrected chi connectivity index (χ2v) is 7.72. The number of hydrogen-bond donors (Lipinski definition) is 0. The van der Waals surface area contributed by atoms with E-state index in [9.17, 15) is 4.79 Å². The lowest BCUT2D eigenvalue weighted by Crippen LogP contribution is -2.40. The summed E-state index contributed by atoms with van der Waals surface area (Å²) in [5.74, 6) is 2.51. The lowest BCUT2D eigenvalue weighted by atomic mass is 10.1. The molecule has 2 aliphatic rings. The molecule has 8 nitrogen and oxygen atoms in total. The summed E-state index contributed by atoms with van der Waals surface area (Å²) in [7, 11) is 0. The Morgan fingerprint density at radius 3 is 2.60 bits per heavy atom. The number of benzene rings is 1. The lowest BCUT2D eigenvalue weighted by Gasteiger charge is -2.32. The normalized spacial score (nSPS) is 18.9. The minimum atomic E-state index is -0.0293. The summed E-state index contributed by atoms with van der Waals surface area (Å²) in [6.07, 6.45) is 1.67. The fourth-order valence-electron chi connectivity index (χ4n) is 4.14. The molecule has 154 valence electrons. The third-order valence-corrected chi connectivity index (χ3v) is 5.67. The number of carbonyl (C=O) groups is 1. The maximum absolute atomic E-state index is 13.1. The summed E-state index contributed by atoms with van der Waals surface area (Å²) in [5.41, 5.74) is 1.63. The highest BCUT2D eigenvalue weighted by molar-refractivity contribution is 5.94. The van der Waals surface area contributed by atoms with Gasteiger partial charge in [-0.2, -0.15) is 0 Å². The standard InChI is InChI=1S/C22H24N6O2/c1-16-14-27(15-20-24-25-21(28(16)20)17-5-3-2-4-6-17)22(29)18-7-8-19(23-13-18)26-9-11-30-12-10-26/h2-8,13,16H,9-12,14-15H2,1H3/t16-/m0/s1. The lowest BCUT2D eigenvalue weighted by molar-refractivity contribution is 0.0681. The van der Waals surface area contributed by atoms with Gasteiger partial charge in [0.2, 0.25) is 0 Å². The van der Waals surface area contributed by atoms with Gasteiger partial charge in [-0.25, -0.2) is 4.98 Å². The molecule has 30 heavy (non-hydrogen) atoms. The summed E-state index contributed by atoms with van der Waals surface area (Å²) < 4.78 is 7.53. The van der Waals surface area contributed by atoms with Crippen LogP contribution in [0.5, 0.6) is 0 Å². The molecule has 0 spiro atoms. The minimum Gasteiger partial charge on any atom is -0.378 e. The van der Waals surface area contributed by atoms with E-state index in [1.54, 1.807) is 6.20 Å². The van der Waals surface area contributed by atoms with E-state index in [4.69, 9.17) is 4.74 Å². The van der Waals surface area contributed by atoms with Crippen LogP contribution in [0.2, 0.25) is 0 Å². The van der Waals surface area contributed by atoms with Crippen molar-refractivity contribution in [1.82, 2.24) is 24.6 Å². The summed E-state index contributed by atoms with van der Waals surface area (Å²) in [6, 6.07) is 13.9. The fraction of sp³-hybridized carbons (Fsp3) is 0.364. The molecule has 0 N–H and O–H groups in total. The Hall–Kier alpha value is -3.26. The number of rotatable bonds is 3. The highest BCUT2D eigenvalue weighted by Crippen LogP contribution is 2.28. The number of amides is 1. The highest BCUT2D eigenvalue weighted by Gasteiger charge is 2.30. The third kappa shape index (κ3) is 3.43. The quantitative estimate of drug-likeness (QED) is 0.667. The van der Waals surface area contributed by atoms with E-state index >= 15 is 0 Å². The average Bonchev–Trinajstić information content (AvgIpc) is 3.25. The molecule has 0 radical (unpaired) electrons. The van der Waals surface area contributed by atoms with Crippen LogP contribution in [0.1, 0.15) is 29.1 Å². The first-order valence-corrected chi connectivity index (χ1v) is 10.3. The van der Waals surface area contributed by atoms with Gasteiger partial charge in [0.1, 0.15) is 5.82 Å². The van der Waals surface area contributed by atoms with Crippen molar-refractivity contribution < 1.29 is 9.53 Å². The van der Waals surface area contributed by atoms with Crippen LogP contribution in [0.3, 0.4) is 0 Å². The molecule has 1 aromatic carbocycles. The van der Waals surface area contributed by atoms with Crippen molar-refractivity contribution in [2.45, 2.75) is 19.5 Å². The van der Waals surface area contributed by atoms with Crippen LogP contribution in [0.15, 0.2) is 48.7 Å². The molecule has 1 amide bonds. The predicted molar refractivity (Wildman–Crippen MR) is 112 cm³/mol. The number of fused-ring (bicyclic) bond motifs is 1. The molecule has 0 bridgehead atoms. The van der Waals surface area contributed by atoms with Gasteiger partial charge in [-0.3, -0.25) is 4.79 Å². The Balaban J connectivity index is 1.34. The Labute approximate surface area is 175 Å². The Morgan fingerprint density at radius 1 is 1.07 bits per heavy atom. The largest absolute Gasteiger partial charge is 0.378 e. The van der Waals surface area contributed by atoms with Gasteiger partial charge in [-0.1, -0.05) is 30.3 Å². The molecular formula is C22H24N6O2. The fourth-order valence-corrected chi connectivity index (χ4v) is 4.14. The maximum Gasteiger partial charge on any atom is 0.255 e. The van der Waals surface area contributed by atoms with Gasteiger partial charge in [-0.05, 0) is 19.1 Å². The van der Waals surface area contributed by atoms with Gasteiger partial charge in [-0.15, -0.1) is 10.2 Å². The molecule has 3 aromatic rings. The summed E-state index contributed by atoms with van der Waals surface area (Å²) in [5, 5.41) is 8.77. The number of morpholine rings is 1. The van der Waals surface area contributed by atoms with E-state index < -0.39 is 0 Å². The van der Waals surface area contributed by atoms with Crippen molar-refractivity contribution in [3.8, 4) is 11.4 Å². The third-order valence-electron chi connectivity index (χ3n) is 5.67. The van der Waals surface area contributed by atoms with E-state index in [2.05, 4.69) is 31.6 Å². The van der Waals surface area contributed by atoms with E-state index in [-0.39, 0.29) is 11.9 Å². The predicted octanol–water partition coefficient (Wildman–Crippen LogP) is 2.39. The molecule has 0 aliphatic carbocycles. The first-order valence-electron chi connectivity index (χ1n) is 10.3. The Kier molecular flexibility index (Phi) is 4.92. The average molecular weight is 404 g/mol. The second-order valence-electron chi connectivity index (χ2n) is 7.72. The van der Waals surface area contributed by atoms with E-state index in [1.165, 1.54) is 0 Å². The number of nitrogens with zero attached hydrogens (tertiary/aromatic N) is 6. The minimum absolute atomic E-state index is 0.0293. The SMILES string of the molecule is C[C@H]1CN(C(=O)c2ccc(N3CCOCC3)nc2)Cc2nnc(-c3ccccc3)n21. The molecule has 1 saturated heterocycles. The number of anilines is 1. The number of hydrogen-bond acceptors (Lipinski definition) is 6. The van der Waals surface area contributed by atoms with Gasteiger partial charge in [0.15, 0.2) is 11.6 Å². The van der Waals surface area contributed by atoms with Crippen LogP contribution in [-0.2, 0) is 11.3 Å². The molecule has 0 unspecified atom stereocenters. The zero-order chi connectivity index (χ0) is 20.5. The van der Waals surface area contributed by atoms with E-state index in [0.717, 1.165) is 36.1 Å². The van der Waals surface area contributed by atoms with Crippen LogP contribution < -0.4 is 4.90 Å². The zero-order valence-electron chi connectivity index (χ0n) is 16.9. The van der Waals surface area contributed by atoms with Gasteiger partial charge >= 0.3 is 0 Å². The number of carbonyl (C=O) groups excluding carboxylic acids is 1. The summed E-state index contributed by atoms with van der Waals surface area (Å²) in [4.78, 5) is 21.6. The number of pyridine rings is 1. The van der Waals surface area contributed by atoms with Crippen molar-refractivity contribution in [3.05, 3.63) is 60.0 Å². The Morgan fingerprint density at radius 2 is 1.87 bits per heavy atom. The van der Waals surface area contributed by atoms with Crippen molar-refractivity contribution in [3.63, 3.8) is 0 Å². The molecule has 5 rings (SSSR count). The number of ether oxygens (including phenoxy) is 1. The van der Waals surface area contributed by atoms with Crippen LogP contribution >= 0.6 is 0 Å². The topological polar surface area (TPSA) is 76.4 Å². The van der Waals surface area contributed by atoms with Crippen LogP contribution in [0, 0.1) is 0 Å². The molecule has 1 atom stereocenters. The first kappa shape index (κ1) is 18.7. The van der Waals surface area contributed by atoms with Gasteiger partial charge in [0.25, 0.3) is 5.91 Å². The number of aromatic nitrogens is 4. The molecule has 2 aliphatic heterocycles. The second kappa shape index (κ2) is 7.87. The molecule has 0 saturated carbocycles. The molecule has 2 aromatic heterocycles. The molecule has 8 heteroatoms. The van der Waals surface area contributed by atoms with Crippen LogP contribution in [0.25, 0.3) is 11.4 Å². The van der Waals surface area contributed by atoms with Crippen LogP contribution in [-0.4, -0.2) is 63.4 Å². The van der Waals surface area contributed by atoms with Gasteiger partial charge in [0.05, 0.1) is 31.4 Å². The van der Waals surface area contributed by atoms with Gasteiger partial charge < -0.3 is 19.1 Å². The first-order chi connectivity index (χ1) is 14.7. The molecular weight excluding hydrogens is 380 g/mol. The summed E-state index contributed by atoms with van der Waals surface area (Å²) in [6.45, 7) is 6.20. The van der Waals surface area contributed by atoms with Crippen molar-refractivity contribution >= 4 is 11.7 Å². The summed E-state index contributed by atoms with van der Waals surface area (Å²) >= 11 is 0. The van der Waals surface area contributed by atoms with Crippen molar-refractivity contribution in [2.75, 3.05) is 37.7 Å². The van der Waals surface area contributed by atoms with E-state index in [0.29, 0.717) is 31.9 Å². The smallest absolute Gasteiger partial charge is 0.255 e. The molecule has 4 heterocycles. The van der Waals surface area contributed by atoms with E-state index in [1.807, 2.05) is 47.4 Å². The van der Waals surface area contributed by atoms with Crippen molar-refractivity contribution in [2.24, 2.45) is 0 Å². The molecule has 1 fully saturated rings. The zero-order valence-corrected chi connectivity index (χ0v) is 16.9.